The van der Waals surface area contributed by atoms with E-state index in [1.165, 1.54) is 5.57 Å². The molecule has 7 atom stereocenters. The lowest BCUT2D eigenvalue weighted by atomic mass is 9.34. The van der Waals surface area contributed by atoms with Gasteiger partial charge in [0.15, 0.2) is 11.6 Å². The third kappa shape index (κ3) is 3.21. The molecular weight excluding hydrogens is 486 g/mol. The van der Waals surface area contributed by atoms with E-state index in [1.54, 1.807) is 4.80 Å². The highest BCUT2D eigenvalue weighted by Crippen LogP contribution is 2.75. The van der Waals surface area contributed by atoms with Gasteiger partial charge in [-0.25, -0.2) is 4.85 Å². The molecule has 1 heterocycles. The first-order chi connectivity index (χ1) is 18.1. The van der Waals surface area contributed by atoms with Crippen molar-refractivity contribution in [2.45, 2.75) is 105 Å². The Kier molecular flexibility index (Phi) is 5.36. The van der Waals surface area contributed by atoms with E-state index in [1.807, 2.05) is 13.1 Å². The molecule has 3 saturated carbocycles. The minimum atomic E-state index is -0.497. The van der Waals surface area contributed by atoms with Crippen LogP contribution in [-0.4, -0.2) is 31.1 Å². The predicted octanol–water partition coefficient (Wildman–Crippen LogP) is 6.74. The number of aromatic nitrogens is 4. The highest BCUT2D eigenvalue weighted by atomic mass is 16.3. The normalized spacial score (nSPS) is 44.3. The molecule has 0 amide bonds. The van der Waals surface area contributed by atoms with Crippen LogP contribution in [0.5, 0.6) is 0 Å². The fourth-order valence-corrected chi connectivity index (χ4v) is 10.8. The first kappa shape index (κ1) is 26.7. The summed E-state index contributed by atoms with van der Waals surface area (Å²) in [6.45, 7) is 23.8. The smallest absolute Gasteiger partial charge is 0.203 e. The van der Waals surface area contributed by atoms with Crippen LogP contribution < -0.4 is 0 Å². The van der Waals surface area contributed by atoms with Crippen molar-refractivity contribution in [2.75, 3.05) is 0 Å². The minimum absolute atomic E-state index is 0.0931. The first-order valence-electron chi connectivity index (χ1n) is 14.9. The molecule has 39 heavy (non-hydrogen) atoms. The highest BCUT2D eigenvalue weighted by Gasteiger charge is 2.70. The molecule has 1 aromatic heterocycles. The summed E-state index contributed by atoms with van der Waals surface area (Å²) >= 11 is 0. The monoisotopic (exact) mass is 531 g/mol. The average molecular weight is 532 g/mol. The molecule has 6 rings (SSSR count). The molecule has 0 unspecified atom stereocenters. The van der Waals surface area contributed by atoms with Gasteiger partial charge in [-0.15, -0.1) is 10.2 Å². The van der Waals surface area contributed by atoms with E-state index in [4.69, 9.17) is 11.7 Å². The first-order valence-corrected chi connectivity index (χ1v) is 14.9. The van der Waals surface area contributed by atoms with E-state index >= 15 is 0 Å². The second-order valence-electron chi connectivity index (χ2n) is 15.7. The van der Waals surface area contributed by atoms with Gasteiger partial charge in [0.2, 0.25) is 5.70 Å². The maximum atomic E-state index is 14.6. The predicted molar refractivity (Wildman–Crippen MR) is 149 cm³/mol. The summed E-state index contributed by atoms with van der Waals surface area (Å²) in [4.78, 5) is 20.0. The van der Waals surface area contributed by atoms with Gasteiger partial charge in [-0.05, 0) is 96.2 Å². The average Bonchev–Trinajstić information content (AvgIpc) is 3.29. The molecule has 0 saturated heterocycles. The van der Waals surface area contributed by atoms with E-state index in [0.29, 0.717) is 12.1 Å². The van der Waals surface area contributed by atoms with Gasteiger partial charge >= 0.3 is 0 Å². The van der Waals surface area contributed by atoms with Gasteiger partial charge in [0.1, 0.15) is 5.76 Å². The van der Waals surface area contributed by atoms with Crippen molar-refractivity contribution in [3.05, 3.63) is 40.3 Å². The molecule has 1 aromatic rings. The standard InChI is InChI=1S/C32H45N5O2/c1-27(2)12-14-32(26-34-36-37(9)35-26)15-13-31(7)24(19(32)17-27)21(38)16-23-29(5)18-20(33-8)25(39)28(3,4)22(29)10-11-30(23,31)6/h16,19,22,24,39H,10-15,17-18H2,1-7,9H3/t19-,22-,24-,29-,30+,31+,32-/m0/s1. The van der Waals surface area contributed by atoms with Crippen LogP contribution in [0.2, 0.25) is 0 Å². The highest BCUT2D eigenvalue weighted by molar-refractivity contribution is 5.95. The Bertz CT molecular complexity index is 1360. The summed E-state index contributed by atoms with van der Waals surface area (Å²) < 4.78 is 0. The number of rotatable bonds is 1. The van der Waals surface area contributed by atoms with Crippen molar-refractivity contribution in [3.63, 3.8) is 0 Å². The second-order valence-corrected chi connectivity index (χ2v) is 15.7. The van der Waals surface area contributed by atoms with Gasteiger partial charge in [-0.2, -0.15) is 4.80 Å². The number of hydrogen-bond acceptors (Lipinski definition) is 5. The zero-order valence-electron chi connectivity index (χ0n) is 25.1. The second kappa shape index (κ2) is 7.83. The summed E-state index contributed by atoms with van der Waals surface area (Å²) in [6, 6.07) is 0. The number of carbonyl (C=O) groups excluding carboxylic acids is 1. The Morgan fingerprint density at radius 2 is 1.74 bits per heavy atom. The summed E-state index contributed by atoms with van der Waals surface area (Å²) in [6.07, 6.45) is 9.53. The number of allylic oxidation sites excluding steroid dienone is 4. The van der Waals surface area contributed by atoms with E-state index in [0.717, 1.165) is 50.8 Å². The Hall–Kier alpha value is -2.49. The van der Waals surface area contributed by atoms with Crippen LogP contribution in [0.3, 0.4) is 0 Å². The molecule has 0 spiro atoms. The molecule has 5 aliphatic carbocycles. The van der Waals surface area contributed by atoms with Crippen molar-refractivity contribution in [3.8, 4) is 0 Å². The van der Waals surface area contributed by atoms with Crippen LogP contribution in [0, 0.1) is 51.4 Å². The van der Waals surface area contributed by atoms with E-state index in [-0.39, 0.29) is 56.4 Å². The molecule has 0 bridgehead atoms. The lowest BCUT2D eigenvalue weighted by Gasteiger charge is -2.69. The molecule has 5 aliphatic rings. The number of ketones is 1. The van der Waals surface area contributed by atoms with Gasteiger partial charge in [0.25, 0.3) is 0 Å². The number of nitrogens with zero attached hydrogens (tertiary/aromatic N) is 5. The lowest BCUT2D eigenvalue weighted by molar-refractivity contribution is -0.161. The summed E-state index contributed by atoms with van der Waals surface area (Å²) in [7, 11) is 1.83. The van der Waals surface area contributed by atoms with Crippen LogP contribution in [-0.2, 0) is 17.3 Å². The number of fused-ring (bicyclic) bond motifs is 7. The Labute approximate surface area is 233 Å². The number of carbonyl (C=O) groups is 1. The van der Waals surface area contributed by atoms with Crippen molar-refractivity contribution in [1.29, 1.82) is 0 Å². The maximum absolute atomic E-state index is 14.6. The Morgan fingerprint density at radius 1 is 1.05 bits per heavy atom. The van der Waals surface area contributed by atoms with Crippen LogP contribution >= 0.6 is 0 Å². The van der Waals surface area contributed by atoms with E-state index in [2.05, 4.69) is 63.6 Å². The van der Waals surface area contributed by atoms with Crippen LogP contribution in [0.15, 0.2) is 23.1 Å². The van der Waals surface area contributed by atoms with Crippen LogP contribution in [0.25, 0.3) is 4.85 Å². The van der Waals surface area contributed by atoms with Gasteiger partial charge in [-0.3, -0.25) is 4.79 Å². The molecule has 3 fully saturated rings. The third-order valence-corrected chi connectivity index (χ3v) is 13.1. The molecule has 7 heteroatoms. The zero-order chi connectivity index (χ0) is 28.4. The van der Waals surface area contributed by atoms with Gasteiger partial charge < -0.3 is 5.11 Å². The zero-order valence-corrected chi connectivity index (χ0v) is 25.1. The molecule has 1 N–H and O–H groups in total. The molecule has 0 aromatic carbocycles. The summed E-state index contributed by atoms with van der Waals surface area (Å²) in [5.41, 5.74) is 0.454. The quantitative estimate of drug-likeness (QED) is 0.406. The molecular formula is C32H45N5O2. The lowest BCUT2D eigenvalue weighted by Crippen LogP contribution is -2.65. The van der Waals surface area contributed by atoms with Crippen molar-refractivity contribution >= 4 is 5.78 Å². The fourth-order valence-electron chi connectivity index (χ4n) is 10.8. The topological polar surface area (TPSA) is 85.3 Å². The van der Waals surface area contributed by atoms with Gasteiger partial charge in [-0.1, -0.05) is 54.0 Å². The van der Waals surface area contributed by atoms with Crippen LogP contribution in [0.4, 0.5) is 0 Å². The summed E-state index contributed by atoms with van der Waals surface area (Å²) in [5.74, 6) is 1.59. The Balaban J connectivity index is 1.52. The molecule has 7 nitrogen and oxygen atoms in total. The molecule has 210 valence electrons. The van der Waals surface area contributed by atoms with Crippen molar-refractivity contribution < 1.29 is 9.90 Å². The number of aliphatic hydroxyl groups is 1. The number of hydrogen-bond donors (Lipinski definition) is 1. The third-order valence-electron chi connectivity index (χ3n) is 13.1. The van der Waals surface area contributed by atoms with Crippen LogP contribution in [0.1, 0.15) is 106 Å². The largest absolute Gasteiger partial charge is 0.523 e. The van der Waals surface area contributed by atoms with Gasteiger partial charge in [0, 0.05) is 16.7 Å². The fraction of sp³-hybridized carbons (Fsp3) is 0.781. The van der Waals surface area contributed by atoms with E-state index in [9.17, 15) is 9.90 Å². The summed E-state index contributed by atoms with van der Waals surface area (Å²) in [5, 5.41) is 24.6. The molecule has 0 aliphatic heterocycles. The Morgan fingerprint density at radius 3 is 2.38 bits per heavy atom. The number of aryl methyl sites for hydroxylation is 1. The minimum Gasteiger partial charge on any atom is -0.523 e. The van der Waals surface area contributed by atoms with Crippen molar-refractivity contribution in [1.82, 2.24) is 20.2 Å². The van der Waals surface area contributed by atoms with Gasteiger partial charge in [0.05, 0.1) is 13.6 Å². The van der Waals surface area contributed by atoms with E-state index < -0.39 is 5.41 Å². The number of tetrazole rings is 1. The van der Waals surface area contributed by atoms with Crippen molar-refractivity contribution in [2.24, 2.45) is 51.9 Å². The SMILES string of the molecule is [C-]#[N+]C1=C(O)C(C)(C)[C@@H]2CC[C@]3(C)C(=CC(=O)[C@@H]4[C@@H]5CC(C)(C)CC[C@]5(c5nnn(C)n5)CC[C@]43C)[C@@]2(C)C1. The number of aliphatic hydroxyl groups excluding tert-OH is 1. The molecule has 0 radical (unpaired) electrons. The maximum Gasteiger partial charge on any atom is 0.203 e.